The molecule has 5 aliphatic heterocycles. The highest BCUT2D eigenvalue weighted by Crippen LogP contribution is 3.04. The number of rotatable bonds is 4. The van der Waals surface area contributed by atoms with Crippen molar-refractivity contribution in [2.75, 3.05) is 14.2 Å². The molecule has 4 N–H and O–H groups in total. The highest BCUT2D eigenvalue weighted by atomic mass is 79.9. The molecule has 0 aromatic heterocycles. The van der Waals surface area contributed by atoms with Crippen LogP contribution in [-0.2, 0) is 70.0 Å². The van der Waals surface area contributed by atoms with Crippen LogP contribution in [0.15, 0.2) is 142 Å². The maximum absolute atomic E-state index is 13.1. The predicted octanol–water partition coefficient (Wildman–Crippen LogP) is 12.1. The van der Waals surface area contributed by atoms with Gasteiger partial charge in [0.05, 0.1) is 23.1 Å². The number of halogens is 2. The van der Waals surface area contributed by atoms with Crippen LogP contribution in [0.3, 0.4) is 0 Å². The normalized spacial score (nSPS) is 28.3. The monoisotopic (exact) mass is 1270 g/mol. The molecule has 0 radical (unpaired) electrons. The zero-order valence-corrected chi connectivity index (χ0v) is 50.4. The molecular formula is C56H52Br2N4O7P2S5. The lowest BCUT2D eigenvalue weighted by Crippen LogP contribution is -2.56. The molecule has 0 saturated carbocycles. The van der Waals surface area contributed by atoms with E-state index in [2.05, 4.69) is 120 Å². The van der Waals surface area contributed by atoms with Crippen LogP contribution in [0.2, 0.25) is 0 Å². The number of amides is 4. The molecule has 11 nitrogen and oxygen atoms in total. The van der Waals surface area contributed by atoms with Gasteiger partial charge in [0.25, 0.3) is 11.8 Å². The van der Waals surface area contributed by atoms with Crippen LogP contribution in [0.1, 0.15) is 71.9 Å². The Morgan fingerprint density at radius 2 is 0.987 bits per heavy atom. The number of ether oxygens (including phenoxy) is 4. The topological polar surface area (TPSA) is 136 Å². The second kappa shape index (κ2) is 21.1. The summed E-state index contributed by atoms with van der Waals surface area (Å²) in [6, 6.07) is 44.3. The lowest BCUT2D eigenvalue weighted by atomic mass is 9.73. The van der Waals surface area contributed by atoms with Gasteiger partial charge in [-0.25, -0.2) is 4.79 Å². The van der Waals surface area contributed by atoms with Gasteiger partial charge in [-0.1, -0.05) is 126 Å². The van der Waals surface area contributed by atoms with E-state index in [1.54, 1.807) is 14.2 Å². The fourth-order valence-corrected chi connectivity index (χ4v) is 54.9. The Hall–Kier alpha value is -4.22. The Bertz CT molecular complexity index is 3210. The summed E-state index contributed by atoms with van der Waals surface area (Å²) in [7, 11) is 3.34. The number of carbonyl (C=O) groups is 3. The van der Waals surface area contributed by atoms with Crippen molar-refractivity contribution < 1.29 is 33.3 Å². The van der Waals surface area contributed by atoms with Crippen molar-refractivity contribution in [3.8, 4) is 23.0 Å². The second-order valence-corrected chi connectivity index (χ2v) is 43.5. The van der Waals surface area contributed by atoms with Gasteiger partial charge in [-0.05, 0) is 158 Å². The molecule has 0 bridgehead atoms. The van der Waals surface area contributed by atoms with Gasteiger partial charge in [-0.2, -0.15) is 0 Å². The van der Waals surface area contributed by atoms with Crippen LogP contribution < -0.4 is 50.8 Å². The van der Waals surface area contributed by atoms with Crippen LogP contribution in [0, 0.1) is 0 Å². The van der Waals surface area contributed by atoms with Gasteiger partial charge in [0.2, 0.25) is 0 Å². The van der Waals surface area contributed by atoms with E-state index in [1.165, 1.54) is 32.9 Å². The van der Waals surface area contributed by atoms with Gasteiger partial charge in [-0.15, -0.1) is 0 Å². The number of hydrogen-bond donors (Lipinski definition) is 4. The van der Waals surface area contributed by atoms with Crippen molar-refractivity contribution in [2.24, 2.45) is 0 Å². The number of thiocarbonyl (C=S) groups is 1. The van der Waals surface area contributed by atoms with Crippen molar-refractivity contribution in [1.82, 2.24) is 21.3 Å². The van der Waals surface area contributed by atoms with Crippen molar-refractivity contribution in [3.63, 3.8) is 0 Å². The summed E-state index contributed by atoms with van der Waals surface area (Å²) in [5.74, 6) is 2.75. The third-order valence-electron chi connectivity index (χ3n) is 15.1. The van der Waals surface area contributed by atoms with Crippen LogP contribution >= 0.6 is 75.0 Å². The molecule has 5 heterocycles. The minimum Gasteiger partial charge on any atom is -0.497 e. The number of imide groups is 1. The maximum Gasteiger partial charge on any atom is 0.322 e. The van der Waals surface area contributed by atoms with Crippen molar-refractivity contribution in [3.05, 3.63) is 176 Å². The molecule has 4 spiro atoms. The van der Waals surface area contributed by atoms with Crippen molar-refractivity contribution >= 4 is 132 Å². The Labute approximate surface area is 482 Å². The minimum absolute atomic E-state index is 0.0907. The van der Waals surface area contributed by atoms with E-state index in [9.17, 15) is 14.4 Å². The summed E-state index contributed by atoms with van der Waals surface area (Å²) < 4.78 is 22.1. The highest BCUT2D eigenvalue weighted by Gasteiger charge is 2.59. The Morgan fingerprint density at radius 3 is 1.38 bits per heavy atom. The maximum atomic E-state index is 13.1. The molecule has 76 heavy (non-hydrogen) atoms. The minimum atomic E-state index is -1.66. The summed E-state index contributed by atoms with van der Waals surface area (Å²) in [4.78, 5) is 38.1. The number of hydrogen-bond acceptors (Lipinski definition) is 12. The van der Waals surface area contributed by atoms with Gasteiger partial charge in [-0.3, -0.25) is 14.9 Å². The van der Waals surface area contributed by atoms with E-state index in [1.807, 2.05) is 88.7 Å². The Kier molecular flexibility index (Phi) is 14.9. The summed E-state index contributed by atoms with van der Waals surface area (Å²) in [5, 5.41) is 14.3. The lowest BCUT2D eigenvalue weighted by Gasteiger charge is -2.46. The average molecular weight is 1280 g/mol. The third-order valence-corrected chi connectivity index (χ3v) is 47.6. The van der Waals surface area contributed by atoms with Crippen LogP contribution in [0.25, 0.3) is 0 Å². The van der Waals surface area contributed by atoms with Crippen molar-refractivity contribution in [2.45, 2.75) is 86.5 Å². The lowest BCUT2D eigenvalue weighted by molar-refractivity contribution is -0.129. The zero-order valence-electron chi connectivity index (χ0n) is 41.3. The van der Waals surface area contributed by atoms with Crippen molar-refractivity contribution in [1.29, 1.82) is 0 Å². The standard InChI is InChI=1S/C21H19BrN2O3.C21H19BrN2O2S.C14H14O2P2S4/c22-15-7-8-17-16(10-15)21(18(25)23-19(26)24-21)12-20(27-17)9-3-6-13-4-1-2-5-14(13)11-20;22-15-7-8-17-16(10-15)21(18(25)23-19(27)24-21)12-20(26-17)9-3-6-13-4-1-2-5-14(13)11-20;1-15-11-3-7-13(8-4-11)17(19)21-18(20,22-17)14-9-5-12(16-2)6-10-14/h1-2,4-5,7-8,10H,3,6,9,11-12H2,(H2,23,24,25,26);1-2,4-5,7-8,10H,3,6,9,11-12H2,(H2,23,24,25,27);3-10H,1-2H3. The first-order valence-electron chi connectivity index (χ1n) is 24.8. The van der Waals surface area contributed by atoms with E-state index in [4.69, 9.17) is 54.8 Å². The average Bonchev–Trinajstić information content (AvgIpc) is 3.72. The number of fused-ring (bicyclic) bond motifs is 6. The number of benzene rings is 6. The molecule has 4 atom stereocenters. The molecular weight excluding hydrogens is 1220 g/mol. The number of carbonyl (C=O) groups excluding carboxylic acids is 3. The van der Waals surface area contributed by atoms with E-state index < -0.39 is 37.2 Å². The smallest absolute Gasteiger partial charge is 0.322 e. The first kappa shape index (κ1) is 53.8. The molecule has 392 valence electrons. The molecule has 7 aliphatic rings. The molecule has 13 rings (SSSR count). The molecule has 6 aromatic rings. The van der Waals surface area contributed by atoms with E-state index in [0.717, 1.165) is 83.1 Å². The molecule has 3 fully saturated rings. The van der Waals surface area contributed by atoms with Crippen LogP contribution in [0.5, 0.6) is 23.0 Å². The number of nitrogens with one attached hydrogen (secondary N) is 4. The van der Waals surface area contributed by atoms with Gasteiger partial charge >= 0.3 is 6.03 Å². The van der Waals surface area contributed by atoms with Crippen LogP contribution in [-0.4, -0.2) is 48.4 Å². The Balaban J connectivity index is 0.000000123. The number of aryl methyl sites for hydroxylation is 2. The number of urea groups is 1. The fourth-order valence-electron chi connectivity index (χ4n) is 11.7. The third kappa shape index (κ3) is 10.2. The zero-order chi connectivity index (χ0) is 53.1. The molecule has 4 unspecified atom stereocenters. The summed E-state index contributed by atoms with van der Waals surface area (Å²) in [6.45, 7) is 0. The first-order valence-corrected chi connectivity index (χ1v) is 36.4. The molecule has 3 saturated heterocycles. The van der Waals surface area contributed by atoms with Gasteiger partial charge in [0.1, 0.15) is 34.2 Å². The SMILES string of the molecule is COc1ccc(P2(=S)SP(=S)(c3ccc(OC)cc3)S2)cc1.O=C1NC(=O)C2(CC3(CCCc4ccccc4C3)Oc3ccc(Br)cc32)N1.O=C1NC(=S)NC12CC1(CCCc3ccccc3C1)Oc1ccc(Br)cc12. The first-order chi connectivity index (χ1) is 36.5. The van der Waals surface area contributed by atoms with E-state index in [-0.39, 0.29) is 11.8 Å². The van der Waals surface area contributed by atoms with E-state index in [0.29, 0.717) is 29.3 Å². The molecule has 20 heteroatoms. The second-order valence-electron chi connectivity index (χ2n) is 20.0. The fraction of sp³-hybridized carbons (Fsp3) is 0.286. The number of methoxy groups -OCH3 is 2. The summed E-state index contributed by atoms with van der Waals surface area (Å²) >= 11 is 27.8. The predicted molar refractivity (Wildman–Crippen MR) is 323 cm³/mol. The van der Waals surface area contributed by atoms with E-state index >= 15 is 0 Å². The Morgan fingerprint density at radius 1 is 0.566 bits per heavy atom. The molecule has 6 aromatic carbocycles. The summed E-state index contributed by atoms with van der Waals surface area (Å²) in [6.07, 6.45) is 8.30. The highest BCUT2D eigenvalue weighted by molar-refractivity contribution is 9.48. The van der Waals surface area contributed by atoms with Gasteiger partial charge < -0.3 is 34.9 Å². The van der Waals surface area contributed by atoms with Crippen LogP contribution in [0.4, 0.5) is 4.79 Å². The molecule has 2 aliphatic carbocycles. The molecule has 4 amide bonds. The largest absolute Gasteiger partial charge is 0.497 e. The van der Waals surface area contributed by atoms with Gasteiger partial charge in [0, 0.05) is 56.4 Å². The quantitative estimate of drug-likeness (QED) is 0.0758. The summed E-state index contributed by atoms with van der Waals surface area (Å²) in [5.41, 5.74) is 3.92. The van der Waals surface area contributed by atoms with Gasteiger partial charge in [0.15, 0.2) is 16.2 Å².